The van der Waals surface area contributed by atoms with E-state index < -0.39 is 26.5 Å². The second-order valence-corrected chi connectivity index (χ2v) is 21.0. The Balaban J connectivity index is 4.11. The third-order valence-corrected chi connectivity index (χ3v) is 12.9. The van der Waals surface area contributed by atoms with Crippen LogP contribution in [0.3, 0.4) is 0 Å². The van der Waals surface area contributed by atoms with E-state index in [1.54, 1.807) is 0 Å². The fraction of sp³-hybridized carbons (Fsp3) is 0.855. The van der Waals surface area contributed by atoms with Gasteiger partial charge < -0.3 is 27.9 Å². The van der Waals surface area contributed by atoms with Gasteiger partial charge in [-0.2, -0.15) is 0 Å². The molecule has 0 rings (SSSR count). The summed E-state index contributed by atoms with van der Waals surface area (Å²) in [7, 11) is 1.16. The van der Waals surface area contributed by atoms with E-state index in [0.717, 1.165) is 70.6 Å². The fourth-order valence-electron chi connectivity index (χ4n) is 7.73. The number of hydrogen-bond acceptors (Lipinski definition) is 8. The van der Waals surface area contributed by atoms with Crippen LogP contribution in [0.2, 0.25) is 0 Å². The van der Waals surface area contributed by atoms with Crippen LogP contribution < -0.4 is 4.89 Å². The Morgan fingerprint density at radius 2 is 0.877 bits per heavy atom. The van der Waals surface area contributed by atoms with Crippen LogP contribution in [-0.4, -0.2) is 70.0 Å². The number of esters is 2. The van der Waals surface area contributed by atoms with Gasteiger partial charge in [-0.05, 0) is 44.9 Å². The Morgan fingerprint density at radius 3 is 1.31 bits per heavy atom. The van der Waals surface area contributed by atoms with E-state index in [2.05, 4.69) is 50.3 Å². The second kappa shape index (κ2) is 47.3. The van der Waals surface area contributed by atoms with Gasteiger partial charge in [0.05, 0.1) is 27.7 Å². The Hall–Kier alpha value is -1.77. The summed E-state index contributed by atoms with van der Waals surface area (Å²) in [4.78, 5) is 37.7. The molecule has 0 saturated carbocycles. The van der Waals surface area contributed by atoms with Gasteiger partial charge in [0.25, 0.3) is 7.82 Å². The summed E-state index contributed by atoms with van der Waals surface area (Å²) in [5.74, 6) is -0.844. The highest BCUT2D eigenvalue weighted by Gasteiger charge is 2.21. The lowest BCUT2D eigenvalue weighted by molar-refractivity contribution is -0.870. The summed E-state index contributed by atoms with van der Waals surface area (Å²) in [5, 5.41) is 0. The number of allylic oxidation sites excluding steroid dienone is 6. The number of phosphoric ester groups is 1. The number of unbranched alkanes of at least 4 members (excludes halogenated alkanes) is 30. The van der Waals surface area contributed by atoms with Crippen molar-refractivity contribution in [3.05, 3.63) is 36.5 Å². The van der Waals surface area contributed by atoms with Crippen molar-refractivity contribution in [3.8, 4) is 0 Å². The molecule has 0 N–H and O–H groups in total. The summed E-state index contributed by atoms with van der Waals surface area (Å²) in [6.45, 7) is 4.13. The van der Waals surface area contributed by atoms with Crippen LogP contribution >= 0.6 is 7.82 Å². The minimum Gasteiger partial charge on any atom is -0.756 e. The van der Waals surface area contributed by atoms with E-state index in [1.165, 1.54) is 148 Å². The highest BCUT2D eigenvalue weighted by atomic mass is 31.2. The molecule has 0 aromatic carbocycles. The van der Waals surface area contributed by atoms with Crippen LogP contribution in [-0.2, 0) is 32.7 Å². The average Bonchev–Trinajstić information content (AvgIpc) is 3.26. The molecule has 0 spiro atoms. The Labute approximate surface area is 401 Å². The molecule has 0 aliphatic rings. The molecule has 9 nitrogen and oxygen atoms in total. The number of ether oxygens (including phenoxy) is 2. The third-order valence-electron chi connectivity index (χ3n) is 11.9. The van der Waals surface area contributed by atoms with Crippen molar-refractivity contribution in [1.29, 1.82) is 0 Å². The minimum atomic E-state index is -4.63. The van der Waals surface area contributed by atoms with Gasteiger partial charge >= 0.3 is 11.9 Å². The standard InChI is InChI=1S/C55H104NO8P/c1-6-8-10-12-14-16-18-20-22-23-24-25-26-27-28-29-30-31-32-34-35-37-39-41-43-45-47-54(57)61-51-53(52-63-65(59,60)62-50-49-56(3,4)5)64-55(58)48-46-44-42-40-38-36-33-21-19-17-15-13-11-9-7-2/h9,11,15,17,21,33,53H,6-8,10,12-14,16,18-20,22-32,34-52H2,1-5H3/b11-9-,17-15-,33-21-. The van der Waals surface area contributed by atoms with Gasteiger partial charge in [0.1, 0.15) is 19.8 Å². The van der Waals surface area contributed by atoms with Crippen molar-refractivity contribution in [1.82, 2.24) is 0 Å². The first-order chi connectivity index (χ1) is 31.5. The number of hydrogen-bond donors (Lipinski definition) is 0. The number of carbonyl (C=O) groups excluding carboxylic acids is 2. The zero-order valence-electron chi connectivity index (χ0n) is 43.2. The van der Waals surface area contributed by atoms with Crippen molar-refractivity contribution in [3.63, 3.8) is 0 Å². The number of quaternary nitrogens is 1. The van der Waals surface area contributed by atoms with Gasteiger partial charge in [-0.1, -0.05) is 230 Å². The average molecular weight is 938 g/mol. The predicted octanol–water partition coefficient (Wildman–Crippen LogP) is 15.8. The largest absolute Gasteiger partial charge is 0.756 e. The smallest absolute Gasteiger partial charge is 0.306 e. The molecule has 0 aromatic rings. The van der Waals surface area contributed by atoms with Crippen LogP contribution in [0.1, 0.15) is 251 Å². The Morgan fingerprint density at radius 1 is 0.492 bits per heavy atom. The predicted molar refractivity (Wildman–Crippen MR) is 273 cm³/mol. The summed E-state index contributed by atoms with van der Waals surface area (Å²) >= 11 is 0. The Bertz CT molecular complexity index is 1200. The Kier molecular flexibility index (Phi) is 46.0. The molecule has 2 unspecified atom stereocenters. The van der Waals surface area contributed by atoms with Gasteiger partial charge in [0.2, 0.25) is 0 Å². The molecule has 382 valence electrons. The quantitative estimate of drug-likeness (QED) is 0.0195. The van der Waals surface area contributed by atoms with Crippen molar-refractivity contribution in [2.24, 2.45) is 0 Å². The summed E-state index contributed by atoms with van der Waals surface area (Å²) in [6.07, 6.45) is 56.2. The van der Waals surface area contributed by atoms with Gasteiger partial charge in [-0.3, -0.25) is 14.2 Å². The van der Waals surface area contributed by atoms with Crippen LogP contribution in [0.25, 0.3) is 0 Å². The highest BCUT2D eigenvalue weighted by molar-refractivity contribution is 7.45. The number of likely N-dealkylation sites (N-methyl/N-ethyl adjacent to an activating group) is 1. The lowest BCUT2D eigenvalue weighted by atomic mass is 10.0. The van der Waals surface area contributed by atoms with E-state index in [1.807, 2.05) is 21.1 Å². The van der Waals surface area contributed by atoms with Crippen molar-refractivity contribution in [2.45, 2.75) is 258 Å². The maximum Gasteiger partial charge on any atom is 0.306 e. The van der Waals surface area contributed by atoms with Crippen LogP contribution in [0, 0.1) is 0 Å². The summed E-state index contributed by atoms with van der Waals surface area (Å²) in [5.41, 5.74) is 0. The number of carbonyl (C=O) groups is 2. The molecule has 0 aliphatic carbocycles. The van der Waals surface area contributed by atoms with E-state index in [9.17, 15) is 19.0 Å². The van der Waals surface area contributed by atoms with Gasteiger partial charge in [0.15, 0.2) is 6.10 Å². The van der Waals surface area contributed by atoms with Crippen LogP contribution in [0.4, 0.5) is 0 Å². The monoisotopic (exact) mass is 938 g/mol. The molecule has 0 aromatic heterocycles. The minimum absolute atomic E-state index is 0.0336. The first-order valence-electron chi connectivity index (χ1n) is 27.2. The molecule has 0 bridgehead atoms. The summed E-state index contributed by atoms with van der Waals surface area (Å²) in [6, 6.07) is 0. The first kappa shape index (κ1) is 63.2. The first-order valence-corrected chi connectivity index (χ1v) is 28.7. The number of nitrogens with zero attached hydrogens (tertiary/aromatic N) is 1. The number of rotatable bonds is 50. The fourth-order valence-corrected chi connectivity index (χ4v) is 8.46. The molecule has 65 heavy (non-hydrogen) atoms. The molecule has 0 saturated heterocycles. The van der Waals surface area contributed by atoms with Gasteiger partial charge in [-0.25, -0.2) is 0 Å². The van der Waals surface area contributed by atoms with Crippen molar-refractivity contribution < 1.29 is 42.1 Å². The van der Waals surface area contributed by atoms with E-state index in [4.69, 9.17) is 18.5 Å². The van der Waals surface area contributed by atoms with E-state index in [0.29, 0.717) is 17.4 Å². The van der Waals surface area contributed by atoms with E-state index >= 15 is 0 Å². The topological polar surface area (TPSA) is 111 Å². The molecule has 0 radical (unpaired) electrons. The third kappa shape index (κ3) is 51.5. The molecule has 0 amide bonds. The summed E-state index contributed by atoms with van der Waals surface area (Å²) < 4.78 is 34.0. The molecule has 10 heteroatoms. The normalized spacial score (nSPS) is 13.6. The van der Waals surface area contributed by atoms with Crippen molar-refractivity contribution >= 4 is 19.8 Å². The SMILES string of the molecule is CC/C=C\C/C=C\C/C=C\CCCCCCCC(=O)OC(COC(=O)CCCCCCCCCCCCCCCCCCCCCCCCCCCC)COP(=O)([O-])OCC[N+](C)(C)C. The lowest BCUT2D eigenvalue weighted by Gasteiger charge is -2.28. The molecule has 0 fully saturated rings. The molecular weight excluding hydrogens is 834 g/mol. The molecule has 0 aliphatic heterocycles. The maximum absolute atomic E-state index is 12.7. The van der Waals surface area contributed by atoms with Crippen LogP contribution in [0.15, 0.2) is 36.5 Å². The zero-order valence-corrected chi connectivity index (χ0v) is 44.1. The molecule has 0 heterocycles. The molecule has 2 atom stereocenters. The number of phosphoric acid groups is 1. The zero-order chi connectivity index (χ0) is 47.8. The van der Waals surface area contributed by atoms with Gasteiger partial charge in [0, 0.05) is 12.8 Å². The van der Waals surface area contributed by atoms with E-state index in [-0.39, 0.29) is 32.0 Å². The maximum atomic E-state index is 12.7. The van der Waals surface area contributed by atoms with Crippen molar-refractivity contribution in [2.75, 3.05) is 47.5 Å². The van der Waals surface area contributed by atoms with Gasteiger partial charge in [-0.15, -0.1) is 0 Å². The highest BCUT2D eigenvalue weighted by Crippen LogP contribution is 2.38. The lowest BCUT2D eigenvalue weighted by Crippen LogP contribution is -2.37. The molecular formula is C55H104NO8P. The van der Waals surface area contributed by atoms with Crippen LogP contribution in [0.5, 0.6) is 0 Å². The second-order valence-electron chi connectivity index (χ2n) is 19.6.